The second-order valence-corrected chi connectivity index (χ2v) is 8.42. The van der Waals surface area contributed by atoms with Gasteiger partial charge in [0.15, 0.2) is 0 Å². The monoisotopic (exact) mass is 242 g/mol. The van der Waals surface area contributed by atoms with E-state index in [1.807, 2.05) is 0 Å². The van der Waals surface area contributed by atoms with E-state index in [0.29, 0.717) is 0 Å². The Balaban J connectivity index is 5.45. The third kappa shape index (κ3) is 2.23. The van der Waals surface area contributed by atoms with E-state index < -0.39 is 14.8 Å². The molecule has 6 heteroatoms. The Morgan fingerprint density at radius 1 is 1.31 bits per heavy atom. The maximum atomic E-state index is 12.0. The van der Waals surface area contributed by atoms with Crippen LogP contribution in [-0.4, -0.2) is 35.5 Å². The van der Waals surface area contributed by atoms with E-state index in [1.54, 1.807) is 20.8 Å². The number of hydrogen-bond acceptors (Lipinski definition) is 3. The Morgan fingerprint density at radius 3 is 1.69 bits per heavy atom. The minimum atomic E-state index is -3.36. The molecule has 3 nitrogen and oxygen atoms in total. The van der Waals surface area contributed by atoms with Crippen molar-refractivity contribution in [1.82, 2.24) is 0 Å². The Kier molecular flexibility index (Phi) is 3.58. The summed E-state index contributed by atoms with van der Waals surface area (Å²) in [6.45, 7) is 4.94. The van der Waals surface area contributed by atoms with Crippen LogP contribution in [0.3, 0.4) is 0 Å². The molecule has 78 valence electrons. The van der Waals surface area contributed by atoms with Gasteiger partial charge in [-0.25, -0.2) is 0 Å². The predicted molar refractivity (Wildman–Crippen MR) is 62.4 cm³/mol. The van der Waals surface area contributed by atoms with Crippen LogP contribution in [-0.2, 0) is 10.0 Å². The lowest BCUT2D eigenvalue weighted by Gasteiger charge is -2.32. The number of quaternary nitrogens is 1. The van der Waals surface area contributed by atoms with Crippen LogP contribution in [0.5, 0.6) is 0 Å². The van der Waals surface area contributed by atoms with Gasteiger partial charge in [-0.05, 0) is 33.0 Å². The third-order valence-corrected chi connectivity index (χ3v) is 5.97. The Bertz CT molecular complexity index is 311. The first-order valence-electron chi connectivity index (χ1n) is 3.77. The van der Waals surface area contributed by atoms with E-state index in [2.05, 4.69) is 12.6 Å². The topological polar surface area (TPSA) is 34.1 Å². The summed E-state index contributed by atoms with van der Waals surface area (Å²) in [5.41, 5.74) is 0. The summed E-state index contributed by atoms with van der Waals surface area (Å²) in [5, 5.41) is 0. The highest BCUT2D eigenvalue weighted by Gasteiger charge is 2.45. The molecule has 0 amide bonds. The predicted octanol–water partition coefficient (Wildman–Crippen LogP) is 1.41. The maximum Gasteiger partial charge on any atom is 0.307 e. The van der Waals surface area contributed by atoms with Crippen molar-refractivity contribution in [1.29, 1.82) is 0 Å². The fraction of sp³-hybridized carbons (Fsp3) is 0.857. The van der Waals surface area contributed by atoms with Gasteiger partial charge in [0.05, 0.1) is 14.1 Å². The molecule has 0 aromatic carbocycles. The number of sulfonamides is 1. The van der Waals surface area contributed by atoms with Crippen molar-refractivity contribution in [2.24, 2.45) is 0 Å². The molecule has 0 aliphatic rings. The lowest BCUT2D eigenvalue weighted by Crippen LogP contribution is -2.54. The molecule has 0 N–H and O–H groups in total. The van der Waals surface area contributed by atoms with Crippen LogP contribution in [0.2, 0.25) is 0 Å². The van der Waals surface area contributed by atoms with Gasteiger partial charge >= 0.3 is 10.0 Å². The van der Waals surface area contributed by atoms with Crippen LogP contribution in [0.4, 0.5) is 0 Å². The molecule has 0 spiro atoms. The van der Waals surface area contributed by atoms with E-state index in [1.165, 1.54) is 14.1 Å². The molecule has 0 rings (SSSR count). The van der Waals surface area contributed by atoms with Gasteiger partial charge in [-0.15, -0.1) is 0 Å². The molecule has 0 atom stereocenters. The Hall–Kier alpha value is 0.350. The van der Waals surface area contributed by atoms with Crippen LogP contribution in [0.25, 0.3) is 0 Å². The molecule has 0 aliphatic heterocycles. The summed E-state index contributed by atoms with van der Waals surface area (Å²) >= 11 is 8.73. The standard InChI is InChI=1S/C7H15NO2S3/c1-7(2,3)13(9,10)8(4,5)6(11)12/h1-5H3/p+1. The summed E-state index contributed by atoms with van der Waals surface area (Å²) in [5.74, 6) is 0. The van der Waals surface area contributed by atoms with E-state index >= 15 is 0 Å². The van der Waals surface area contributed by atoms with Gasteiger partial charge in [0.25, 0.3) is 0 Å². The molecule has 0 radical (unpaired) electrons. The largest absolute Gasteiger partial charge is 0.307 e. The fourth-order valence-corrected chi connectivity index (χ4v) is 2.98. The van der Waals surface area contributed by atoms with Crippen molar-refractivity contribution in [3.63, 3.8) is 0 Å². The molecule has 0 saturated heterocycles. The first kappa shape index (κ1) is 13.4. The molecule has 0 heterocycles. The number of nitrogens with zero attached hydrogens (tertiary/aromatic N) is 1. The van der Waals surface area contributed by atoms with Crippen LogP contribution < -0.4 is 0 Å². The molecule has 0 saturated carbocycles. The van der Waals surface area contributed by atoms with Crippen LogP contribution in [0, 0.1) is 0 Å². The van der Waals surface area contributed by atoms with Crippen LogP contribution in [0.1, 0.15) is 20.8 Å². The van der Waals surface area contributed by atoms with Crippen molar-refractivity contribution in [3.8, 4) is 0 Å². The number of rotatable bonds is 1. The molecule has 0 aromatic rings. The molecule has 0 unspecified atom stereocenters. The normalized spacial score (nSPS) is 14.3. The molecule has 0 bridgehead atoms. The summed E-state index contributed by atoms with van der Waals surface area (Å²) in [7, 11) is -0.308. The van der Waals surface area contributed by atoms with Gasteiger partial charge in [-0.1, -0.05) is 12.6 Å². The average Bonchev–Trinajstić information content (AvgIpc) is 1.84. The van der Waals surface area contributed by atoms with Crippen LogP contribution in [0.15, 0.2) is 0 Å². The Morgan fingerprint density at radius 2 is 1.62 bits per heavy atom. The minimum absolute atomic E-state index is 0.148. The zero-order chi connectivity index (χ0) is 11.1. The number of thiol groups is 1. The van der Waals surface area contributed by atoms with Crippen molar-refractivity contribution >= 4 is 39.2 Å². The second kappa shape index (κ2) is 3.49. The average molecular weight is 242 g/mol. The van der Waals surface area contributed by atoms with Gasteiger partial charge in [0, 0.05) is 0 Å². The zero-order valence-corrected chi connectivity index (χ0v) is 11.1. The van der Waals surface area contributed by atoms with Crippen molar-refractivity contribution in [3.05, 3.63) is 0 Å². The number of thiocarbonyl (C=S) groups is 1. The summed E-state index contributed by atoms with van der Waals surface area (Å²) in [4.78, 5) is 0. The second-order valence-electron chi connectivity index (χ2n) is 4.22. The van der Waals surface area contributed by atoms with Gasteiger partial charge in [-0.3, -0.25) is 0 Å². The summed E-state index contributed by atoms with van der Waals surface area (Å²) < 4.78 is 22.9. The maximum absolute atomic E-state index is 12.0. The first-order valence-corrected chi connectivity index (χ1v) is 6.06. The molecular weight excluding hydrogens is 226 g/mol. The molecular formula is C7H16NO2S3+. The highest BCUT2D eigenvalue weighted by Crippen LogP contribution is 2.25. The lowest BCUT2D eigenvalue weighted by atomic mass is 10.3. The SMILES string of the molecule is CC(C)(C)S(=O)(=O)[N+](C)(C)C(=S)S. The highest BCUT2D eigenvalue weighted by atomic mass is 32.2. The lowest BCUT2D eigenvalue weighted by molar-refractivity contribution is -0.653. The summed E-state index contributed by atoms with van der Waals surface area (Å²) in [6, 6.07) is 0. The van der Waals surface area contributed by atoms with Gasteiger partial charge < -0.3 is 0 Å². The number of hydrogen-bond donors (Lipinski definition) is 1. The van der Waals surface area contributed by atoms with E-state index in [9.17, 15) is 8.42 Å². The zero-order valence-electron chi connectivity index (χ0n) is 8.53. The summed E-state index contributed by atoms with van der Waals surface area (Å²) in [6.07, 6.45) is 0. The van der Waals surface area contributed by atoms with Crippen molar-refractivity contribution in [2.75, 3.05) is 14.1 Å². The van der Waals surface area contributed by atoms with Crippen molar-refractivity contribution in [2.45, 2.75) is 25.5 Å². The third-order valence-electron chi connectivity index (χ3n) is 1.84. The van der Waals surface area contributed by atoms with Crippen molar-refractivity contribution < 1.29 is 12.3 Å². The highest BCUT2D eigenvalue weighted by molar-refractivity contribution is 8.11. The quantitative estimate of drug-likeness (QED) is 0.429. The Labute approximate surface area is 91.2 Å². The molecule has 0 aliphatic carbocycles. The van der Waals surface area contributed by atoms with E-state index in [4.69, 9.17) is 12.2 Å². The van der Waals surface area contributed by atoms with Gasteiger partial charge in [0.2, 0.25) is 4.32 Å². The first-order chi connectivity index (χ1) is 5.44. The van der Waals surface area contributed by atoms with Gasteiger partial charge in [-0.2, -0.15) is 12.3 Å². The molecule has 0 fully saturated rings. The smallest absolute Gasteiger partial charge is 0.177 e. The van der Waals surface area contributed by atoms with Crippen LogP contribution >= 0.6 is 24.8 Å². The van der Waals surface area contributed by atoms with Gasteiger partial charge in [0.1, 0.15) is 4.75 Å². The van der Waals surface area contributed by atoms with E-state index in [-0.39, 0.29) is 8.21 Å². The fourth-order valence-electron chi connectivity index (χ4n) is 0.787. The minimum Gasteiger partial charge on any atom is -0.177 e. The molecule has 0 aromatic heterocycles. The van der Waals surface area contributed by atoms with E-state index in [0.717, 1.165) is 0 Å². The molecule has 13 heavy (non-hydrogen) atoms.